The number of benzene rings is 1. The molecule has 1 aromatic carbocycles. The van der Waals surface area contributed by atoms with Gasteiger partial charge in [0, 0.05) is 6.54 Å². The molecule has 2 aromatic rings. The Hall–Kier alpha value is -2.50. The predicted octanol–water partition coefficient (Wildman–Crippen LogP) is 1.93. The number of para-hydroxylation sites is 1. The summed E-state index contributed by atoms with van der Waals surface area (Å²) >= 11 is 0. The number of nitrogen functional groups attached to an aromatic ring is 1. The molecule has 18 heavy (non-hydrogen) atoms. The van der Waals surface area contributed by atoms with Crippen molar-refractivity contribution < 1.29 is 0 Å². The highest BCUT2D eigenvalue weighted by atomic mass is 15.4. The van der Waals surface area contributed by atoms with Crippen LogP contribution >= 0.6 is 0 Å². The minimum Gasteiger partial charge on any atom is -0.393 e. The van der Waals surface area contributed by atoms with Crippen LogP contribution in [-0.4, -0.2) is 16.5 Å². The van der Waals surface area contributed by atoms with Gasteiger partial charge in [0.1, 0.15) is 12.0 Å². The van der Waals surface area contributed by atoms with Gasteiger partial charge in [0.2, 0.25) is 0 Å². The summed E-state index contributed by atoms with van der Waals surface area (Å²) in [5.41, 5.74) is 13.3. The summed E-state index contributed by atoms with van der Waals surface area (Å²) in [6, 6.07) is 9.72. The van der Waals surface area contributed by atoms with Crippen LogP contribution in [-0.2, 0) is 0 Å². The van der Waals surface area contributed by atoms with Gasteiger partial charge in [0.25, 0.3) is 0 Å². The quantitative estimate of drug-likeness (QED) is 0.601. The van der Waals surface area contributed by atoms with Gasteiger partial charge in [-0.1, -0.05) is 18.2 Å². The lowest BCUT2D eigenvalue weighted by atomic mass is 10.3. The summed E-state index contributed by atoms with van der Waals surface area (Å²) in [5.74, 6) is 1.18. The van der Waals surface area contributed by atoms with Crippen LogP contribution in [0.4, 0.5) is 23.0 Å². The molecule has 0 fully saturated rings. The Morgan fingerprint density at radius 2 is 1.78 bits per heavy atom. The van der Waals surface area contributed by atoms with Crippen molar-refractivity contribution in [2.75, 3.05) is 28.4 Å². The molecule has 0 radical (unpaired) electrons. The van der Waals surface area contributed by atoms with Gasteiger partial charge < -0.3 is 11.1 Å². The molecule has 94 valence electrons. The molecule has 0 atom stereocenters. The largest absolute Gasteiger partial charge is 0.393 e. The van der Waals surface area contributed by atoms with Gasteiger partial charge in [-0.25, -0.2) is 9.97 Å². The molecule has 0 unspecified atom stereocenters. The maximum absolute atomic E-state index is 5.94. The van der Waals surface area contributed by atoms with Crippen molar-refractivity contribution in [1.82, 2.24) is 9.97 Å². The first-order valence-corrected chi connectivity index (χ1v) is 5.72. The first kappa shape index (κ1) is 12.0. The molecule has 1 heterocycles. The lowest BCUT2D eigenvalue weighted by Gasteiger charge is -2.12. The van der Waals surface area contributed by atoms with Crippen LogP contribution in [0, 0.1) is 0 Å². The molecule has 0 spiro atoms. The lowest BCUT2D eigenvalue weighted by Crippen LogP contribution is -2.14. The molecule has 0 saturated carbocycles. The van der Waals surface area contributed by atoms with Crippen molar-refractivity contribution in [3.8, 4) is 0 Å². The first-order valence-electron chi connectivity index (χ1n) is 5.72. The predicted molar refractivity (Wildman–Crippen MR) is 74.3 cm³/mol. The third-order valence-corrected chi connectivity index (χ3v) is 2.33. The van der Waals surface area contributed by atoms with E-state index in [9.17, 15) is 0 Å². The van der Waals surface area contributed by atoms with Crippen molar-refractivity contribution in [2.24, 2.45) is 0 Å². The van der Waals surface area contributed by atoms with E-state index in [0.29, 0.717) is 17.3 Å². The number of rotatable bonds is 5. The van der Waals surface area contributed by atoms with Gasteiger partial charge in [-0.3, -0.25) is 10.9 Å². The standard InChI is InChI=1S/C12H16N6/c1-2-14-11-10(13)12(16-8-15-11)18-17-9-6-4-3-5-7-9/h3-8,17H,2,13H2,1H3,(H2,14,15,16,18). The van der Waals surface area contributed by atoms with E-state index in [1.165, 1.54) is 6.33 Å². The second-order valence-electron chi connectivity index (χ2n) is 3.63. The van der Waals surface area contributed by atoms with E-state index in [-0.39, 0.29) is 0 Å². The van der Waals surface area contributed by atoms with E-state index < -0.39 is 0 Å². The van der Waals surface area contributed by atoms with Gasteiger partial charge in [0.05, 0.1) is 5.69 Å². The fourth-order valence-electron chi connectivity index (χ4n) is 1.46. The number of aromatic nitrogens is 2. The monoisotopic (exact) mass is 244 g/mol. The summed E-state index contributed by atoms with van der Waals surface area (Å²) < 4.78 is 0. The van der Waals surface area contributed by atoms with Crippen molar-refractivity contribution in [3.63, 3.8) is 0 Å². The molecule has 0 aliphatic heterocycles. The van der Waals surface area contributed by atoms with E-state index in [0.717, 1.165) is 12.2 Å². The van der Waals surface area contributed by atoms with Crippen molar-refractivity contribution in [2.45, 2.75) is 6.92 Å². The Bertz CT molecular complexity index is 499. The van der Waals surface area contributed by atoms with Crippen LogP contribution in [0.3, 0.4) is 0 Å². The Morgan fingerprint density at radius 1 is 1.06 bits per heavy atom. The van der Waals surface area contributed by atoms with Gasteiger partial charge in [-0.05, 0) is 19.1 Å². The third kappa shape index (κ3) is 2.79. The number of hydrogen-bond acceptors (Lipinski definition) is 6. The molecule has 0 bridgehead atoms. The second-order valence-corrected chi connectivity index (χ2v) is 3.63. The van der Waals surface area contributed by atoms with Crippen LogP contribution in [0.25, 0.3) is 0 Å². The Morgan fingerprint density at radius 3 is 2.50 bits per heavy atom. The highest BCUT2D eigenvalue weighted by Crippen LogP contribution is 2.22. The molecule has 6 heteroatoms. The maximum atomic E-state index is 5.94. The highest BCUT2D eigenvalue weighted by molar-refractivity contribution is 5.74. The summed E-state index contributed by atoms with van der Waals surface area (Å²) in [7, 11) is 0. The smallest absolute Gasteiger partial charge is 0.173 e. The molecule has 0 aliphatic carbocycles. The molecular weight excluding hydrogens is 228 g/mol. The van der Waals surface area contributed by atoms with Crippen molar-refractivity contribution in [3.05, 3.63) is 36.7 Å². The summed E-state index contributed by atoms with van der Waals surface area (Å²) in [6.07, 6.45) is 1.46. The molecular formula is C12H16N6. The van der Waals surface area contributed by atoms with Gasteiger partial charge in [0.15, 0.2) is 11.6 Å². The summed E-state index contributed by atoms with van der Waals surface area (Å²) in [6.45, 7) is 2.74. The lowest BCUT2D eigenvalue weighted by molar-refractivity contribution is 1.11. The Labute approximate surface area is 106 Å². The normalized spacial score (nSPS) is 9.83. The van der Waals surface area contributed by atoms with Gasteiger partial charge in [-0.2, -0.15) is 0 Å². The summed E-state index contributed by atoms with van der Waals surface area (Å²) in [5, 5.41) is 3.07. The molecule has 1 aromatic heterocycles. The summed E-state index contributed by atoms with van der Waals surface area (Å²) in [4.78, 5) is 8.16. The van der Waals surface area contributed by atoms with Gasteiger partial charge >= 0.3 is 0 Å². The van der Waals surface area contributed by atoms with E-state index in [1.807, 2.05) is 37.3 Å². The second kappa shape index (κ2) is 5.72. The number of nitrogens with two attached hydrogens (primary N) is 1. The molecule has 0 saturated heterocycles. The zero-order valence-electron chi connectivity index (χ0n) is 10.1. The number of anilines is 4. The molecule has 6 nitrogen and oxygen atoms in total. The van der Waals surface area contributed by atoms with E-state index in [2.05, 4.69) is 26.1 Å². The number of nitrogens with one attached hydrogen (secondary N) is 3. The minimum atomic E-state index is 0.489. The SMILES string of the molecule is CCNc1ncnc(NNc2ccccc2)c1N. The van der Waals surface area contributed by atoms with E-state index >= 15 is 0 Å². The topological polar surface area (TPSA) is 87.9 Å². The highest BCUT2D eigenvalue weighted by Gasteiger charge is 2.06. The van der Waals surface area contributed by atoms with Crippen LogP contribution in [0.15, 0.2) is 36.7 Å². The van der Waals surface area contributed by atoms with Crippen LogP contribution in [0.5, 0.6) is 0 Å². The fourth-order valence-corrected chi connectivity index (χ4v) is 1.46. The average Bonchev–Trinajstić information content (AvgIpc) is 2.41. The zero-order valence-corrected chi connectivity index (χ0v) is 10.1. The zero-order chi connectivity index (χ0) is 12.8. The van der Waals surface area contributed by atoms with Crippen LogP contribution < -0.4 is 21.9 Å². The Kier molecular flexibility index (Phi) is 3.80. The molecule has 0 amide bonds. The third-order valence-electron chi connectivity index (χ3n) is 2.33. The van der Waals surface area contributed by atoms with Crippen LogP contribution in [0.1, 0.15) is 6.92 Å². The molecule has 5 N–H and O–H groups in total. The van der Waals surface area contributed by atoms with Gasteiger partial charge in [-0.15, -0.1) is 0 Å². The minimum absolute atomic E-state index is 0.489. The average molecular weight is 244 g/mol. The van der Waals surface area contributed by atoms with Crippen molar-refractivity contribution >= 4 is 23.0 Å². The number of nitrogens with zero attached hydrogens (tertiary/aromatic N) is 2. The van der Waals surface area contributed by atoms with E-state index in [4.69, 9.17) is 5.73 Å². The maximum Gasteiger partial charge on any atom is 0.173 e. The fraction of sp³-hybridized carbons (Fsp3) is 0.167. The van der Waals surface area contributed by atoms with E-state index in [1.54, 1.807) is 0 Å². The first-order chi connectivity index (χ1) is 8.81. The number of hydrogen-bond donors (Lipinski definition) is 4. The van der Waals surface area contributed by atoms with Crippen molar-refractivity contribution in [1.29, 1.82) is 0 Å². The molecule has 0 aliphatic rings. The Balaban J connectivity index is 2.08. The number of hydrazine groups is 1. The van der Waals surface area contributed by atoms with Crippen LogP contribution in [0.2, 0.25) is 0 Å². The molecule has 2 rings (SSSR count).